The zero-order valence-corrected chi connectivity index (χ0v) is 16.5. The van der Waals surface area contributed by atoms with E-state index in [-0.39, 0.29) is 35.8 Å². The average Bonchev–Trinajstić information content (AvgIpc) is 3.38. The lowest BCUT2D eigenvalue weighted by molar-refractivity contribution is -0.135. The smallest absolute Gasteiger partial charge is 0.374 e. The molecule has 0 N–H and O–H groups in total. The van der Waals surface area contributed by atoms with Gasteiger partial charge in [-0.05, 0) is 44.7 Å². The van der Waals surface area contributed by atoms with Crippen LogP contribution in [0.2, 0.25) is 0 Å². The lowest BCUT2D eigenvalue weighted by atomic mass is 9.98. The standard InChI is InChI=1S/C18H23N3O6S/c1-2-26-18(23)15-5-6-16(27-15)28(24,25)21-9-3-4-14(21)17(22)20-10-7-13(12-19)8-11-20/h5-6,13-14H,2-4,7-11H2,1H3. The molecule has 0 spiro atoms. The maximum absolute atomic E-state index is 13.0. The average molecular weight is 409 g/mol. The molecule has 2 saturated heterocycles. The van der Waals surface area contributed by atoms with Crippen LogP contribution in [0.1, 0.15) is 43.2 Å². The number of likely N-dealkylation sites (tertiary alicyclic amines) is 1. The number of carbonyl (C=O) groups is 2. The van der Waals surface area contributed by atoms with Crippen LogP contribution in [-0.4, -0.2) is 61.8 Å². The highest BCUT2D eigenvalue weighted by Gasteiger charge is 2.43. The second-order valence-electron chi connectivity index (χ2n) is 6.84. The fourth-order valence-electron chi connectivity index (χ4n) is 3.60. The molecule has 10 heteroatoms. The predicted molar refractivity (Wildman–Crippen MR) is 96.5 cm³/mol. The number of rotatable bonds is 5. The van der Waals surface area contributed by atoms with Crippen molar-refractivity contribution in [1.29, 1.82) is 5.26 Å². The second kappa shape index (κ2) is 8.32. The van der Waals surface area contributed by atoms with E-state index in [4.69, 9.17) is 14.4 Å². The maximum atomic E-state index is 13.0. The van der Waals surface area contributed by atoms with Crippen LogP contribution in [0, 0.1) is 17.2 Å². The number of piperidine rings is 1. The third kappa shape index (κ3) is 3.91. The maximum Gasteiger partial charge on any atom is 0.374 e. The summed E-state index contributed by atoms with van der Waals surface area (Å²) in [7, 11) is -4.06. The molecule has 2 aliphatic rings. The van der Waals surface area contributed by atoms with Crippen molar-refractivity contribution in [2.75, 3.05) is 26.2 Å². The molecule has 1 aromatic rings. The van der Waals surface area contributed by atoms with Crippen LogP contribution in [0.15, 0.2) is 21.6 Å². The van der Waals surface area contributed by atoms with Crippen LogP contribution in [-0.2, 0) is 19.6 Å². The molecule has 0 saturated carbocycles. The molecule has 1 amide bonds. The highest BCUT2D eigenvalue weighted by atomic mass is 32.2. The number of amides is 1. The van der Waals surface area contributed by atoms with Crippen LogP contribution in [0.3, 0.4) is 0 Å². The van der Waals surface area contributed by atoms with Gasteiger partial charge in [0.25, 0.3) is 10.0 Å². The first-order valence-corrected chi connectivity index (χ1v) is 10.8. The number of nitrogens with zero attached hydrogens (tertiary/aromatic N) is 3. The minimum Gasteiger partial charge on any atom is -0.460 e. The zero-order chi connectivity index (χ0) is 20.3. The van der Waals surface area contributed by atoms with Gasteiger partial charge < -0.3 is 14.1 Å². The van der Waals surface area contributed by atoms with Crippen LogP contribution in [0.25, 0.3) is 0 Å². The molecular weight excluding hydrogens is 386 g/mol. The Morgan fingerprint density at radius 1 is 1.25 bits per heavy atom. The molecule has 9 nitrogen and oxygen atoms in total. The van der Waals surface area contributed by atoms with Crippen LogP contribution >= 0.6 is 0 Å². The molecule has 0 aliphatic carbocycles. The molecule has 0 radical (unpaired) electrons. The number of hydrogen-bond donors (Lipinski definition) is 0. The van der Waals surface area contributed by atoms with E-state index in [0.717, 1.165) is 4.31 Å². The molecule has 0 bridgehead atoms. The molecule has 2 aliphatic heterocycles. The summed E-state index contributed by atoms with van der Waals surface area (Å²) in [5.41, 5.74) is 0. The van der Waals surface area contributed by atoms with Gasteiger partial charge in [0, 0.05) is 25.6 Å². The topological polar surface area (TPSA) is 121 Å². The molecule has 28 heavy (non-hydrogen) atoms. The molecule has 1 atom stereocenters. The number of nitriles is 1. The summed E-state index contributed by atoms with van der Waals surface area (Å²) in [6, 6.07) is 3.88. The first-order chi connectivity index (χ1) is 13.4. The van der Waals surface area contributed by atoms with Gasteiger partial charge in [0.1, 0.15) is 6.04 Å². The van der Waals surface area contributed by atoms with E-state index >= 15 is 0 Å². The van der Waals surface area contributed by atoms with E-state index in [1.165, 1.54) is 12.1 Å². The van der Waals surface area contributed by atoms with Gasteiger partial charge in [-0.1, -0.05) is 0 Å². The zero-order valence-electron chi connectivity index (χ0n) is 15.7. The Bertz CT molecular complexity index is 879. The summed E-state index contributed by atoms with van der Waals surface area (Å²) < 4.78 is 37.2. The fourth-order valence-corrected chi connectivity index (χ4v) is 5.17. The van der Waals surface area contributed by atoms with Gasteiger partial charge in [-0.25, -0.2) is 13.2 Å². The molecule has 1 unspecified atom stereocenters. The van der Waals surface area contributed by atoms with Crippen molar-refractivity contribution in [2.45, 2.75) is 43.7 Å². The lowest BCUT2D eigenvalue weighted by Crippen LogP contribution is -2.49. The summed E-state index contributed by atoms with van der Waals surface area (Å²) in [4.78, 5) is 26.3. The number of hydrogen-bond acceptors (Lipinski definition) is 7. The van der Waals surface area contributed by atoms with E-state index in [0.29, 0.717) is 38.8 Å². The van der Waals surface area contributed by atoms with Crippen LogP contribution in [0.5, 0.6) is 0 Å². The van der Waals surface area contributed by atoms with Crippen molar-refractivity contribution in [3.05, 3.63) is 17.9 Å². The van der Waals surface area contributed by atoms with Gasteiger partial charge in [-0.3, -0.25) is 4.79 Å². The third-order valence-electron chi connectivity index (χ3n) is 5.10. The van der Waals surface area contributed by atoms with Crippen molar-refractivity contribution >= 4 is 21.9 Å². The van der Waals surface area contributed by atoms with E-state index in [1.807, 2.05) is 0 Å². The van der Waals surface area contributed by atoms with Crippen molar-refractivity contribution in [2.24, 2.45) is 5.92 Å². The molecule has 152 valence electrons. The molecule has 3 rings (SSSR count). The Labute approximate surface area is 163 Å². The molecule has 1 aromatic heterocycles. The van der Waals surface area contributed by atoms with Crippen LogP contribution in [0.4, 0.5) is 0 Å². The number of furan rings is 1. The van der Waals surface area contributed by atoms with E-state index in [9.17, 15) is 18.0 Å². The SMILES string of the molecule is CCOC(=O)c1ccc(S(=O)(=O)N2CCCC2C(=O)N2CCC(C#N)CC2)o1. The summed E-state index contributed by atoms with van der Waals surface area (Å²) in [5, 5.41) is 8.62. The van der Waals surface area contributed by atoms with Gasteiger partial charge in [-0.2, -0.15) is 9.57 Å². The van der Waals surface area contributed by atoms with Gasteiger partial charge in [0.15, 0.2) is 0 Å². The lowest BCUT2D eigenvalue weighted by Gasteiger charge is -2.33. The molecule has 2 fully saturated rings. The van der Waals surface area contributed by atoms with E-state index in [2.05, 4.69) is 6.07 Å². The summed E-state index contributed by atoms with van der Waals surface area (Å²) in [6.45, 7) is 2.90. The number of ether oxygens (including phenoxy) is 1. The first kappa shape index (κ1) is 20.4. The minimum atomic E-state index is -4.06. The van der Waals surface area contributed by atoms with E-state index in [1.54, 1.807) is 11.8 Å². The van der Waals surface area contributed by atoms with Crippen LogP contribution < -0.4 is 0 Å². The highest BCUT2D eigenvalue weighted by Crippen LogP contribution is 2.29. The first-order valence-electron chi connectivity index (χ1n) is 9.35. The summed E-state index contributed by atoms with van der Waals surface area (Å²) in [5.74, 6) is -1.23. The van der Waals surface area contributed by atoms with Gasteiger partial charge in [0.2, 0.25) is 16.8 Å². The monoisotopic (exact) mass is 409 g/mol. The Balaban J connectivity index is 1.75. The van der Waals surface area contributed by atoms with E-state index < -0.39 is 22.0 Å². The largest absolute Gasteiger partial charge is 0.460 e. The van der Waals surface area contributed by atoms with Crippen molar-refractivity contribution in [3.63, 3.8) is 0 Å². The summed E-state index contributed by atoms with van der Waals surface area (Å²) in [6.07, 6.45) is 2.20. The number of carbonyl (C=O) groups excluding carboxylic acids is 2. The number of esters is 1. The molecule has 0 aromatic carbocycles. The quantitative estimate of drug-likeness (QED) is 0.673. The molecule has 3 heterocycles. The Hall–Kier alpha value is -2.38. The number of sulfonamides is 1. The Morgan fingerprint density at radius 3 is 2.61 bits per heavy atom. The van der Waals surface area contributed by atoms with Crippen molar-refractivity contribution in [3.8, 4) is 6.07 Å². The normalized spacial score (nSPS) is 21.4. The van der Waals surface area contributed by atoms with Gasteiger partial charge in [-0.15, -0.1) is 0 Å². The third-order valence-corrected chi connectivity index (χ3v) is 6.88. The van der Waals surface area contributed by atoms with Gasteiger partial charge >= 0.3 is 5.97 Å². The van der Waals surface area contributed by atoms with Crippen molar-refractivity contribution < 1.29 is 27.2 Å². The summed E-state index contributed by atoms with van der Waals surface area (Å²) >= 11 is 0. The predicted octanol–water partition coefficient (Wildman–Crippen LogP) is 1.37. The van der Waals surface area contributed by atoms with Gasteiger partial charge in [0.05, 0.1) is 12.7 Å². The highest BCUT2D eigenvalue weighted by molar-refractivity contribution is 7.89. The Morgan fingerprint density at radius 2 is 1.96 bits per heavy atom. The van der Waals surface area contributed by atoms with Crippen molar-refractivity contribution in [1.82, 2.24) is 9.21 Å². The minimum absolute atomic E-state index is 0.0584. The second-order valence-corrected chi connectivity index (χ2v) is 8.66. The molecular formula is C18H23N3O6S. The fraction of sp³-hybridized carbons (Fsp3) is 0.611. The Kier molecular flexibility index (Phi) is 6.05.